The van der Waals surface area contributed by atoms with E-state index in [-0.39, 0.29) is 12.3 Å². The van der Waals surface area contributed by atoms with Gasteiger partial charge in [-0.2, -0.15) is 0 Å². The van der Waals surface area contributed by atoms with E-state index in [0.717, 1.165) is 29.0 Å². The monoisotopic (exact) mass is 401 g/mol. The highest BCUT2D eigenvalue weighted by Gasteiger charge is 2.35. The zero-order valence-corrected chi connectivity index (χ0v) is 16.7. The first-order valence-corrected chi connectivity index (χ1v) is 10.5. The summed E-state index contributed by atoms with van der Waals surface area (Å²) in [4.78, 5) is 35.8. The minimum Gasteiger partial charge on any atom is -0.368 e. The zero-order chi connectivity index (χ0) is 22.4. The first-order chi connectivity index (χ1) is 14.6. The van der Waals surface area contributed by atoms with E-state index in [0.29, 0.717) is 36.5 Å². The quantitative estimate of drug-likeness (QED) is 0.834. The van der Waals surface area contributed by atoms with Crippen molar-refractivity contribution >= 4 is 23.2 Å². The summed E-state index contributed by atoms with van der Waals surface area (Å²) in [7, 11) is 0. The Balaban J connectivity index is 1.57. The van der Waals surface area contributed by atoms with Gasteiger partial charge in [0.2, 0.25) is 11.8 Å². The molecule has 0 spiro atoms. The maximum atomic E-state index is 12.7. The second-order valence-corrected chi connectivity index (χ2v) is 8.80. The van der Waals surface area contributed by atoms with Gasteiger partial charge in [0.05, 0.1) is 17.0 Å². The third-order valence-corrected chi connectivity index (χ3v) is 6.97. The van der Waals surface area contributed by atoms with E-state index in [1.165, 1.54) is 11.3 Å². The van der Waals surface area contributed by atoms with E-state index in [4.69, 9.17) is 9.85 Å². The number of nitrogens with zero attached hydrogens (tertiary/aromatic N) is 3. The summed E-state index contributed by atoms with van der Waals surface area (Å²) in [6.07, 6.45) is 5.25. The normalized spacial score (nSPS) is 22.8. The molecule has 0 aromatic carbocycles. The van der Waals surface area contributed by atoms with Crippen molar-refractivity contribution in [1.29, 1.82) is 0 Å². The van der Waals surface area contributed by atoms with Gasteiger partial charge in [0.25, 0.3) is 0 Å². The summed E-state index contributed by atoms with van der Waals surface area (Å²) in [5.74, 6) is -0.613. The Bertz CT molecular complexity index is 1020. The number of pyridine rings is 1. The number of likely N-dealkylation sites (tertiary alicyclic amines) is 1. The van der Waals surface area contributed by atoms with Crippen molar-refractivity contribution in [3.8, 4) is 10.4 Å². The summed E-state index contributed by atoms with van der Waals surface area (Å²) >= 11 is 1.42. The second kappa shape index (κ2) is 7.28. The molecule has 2 aliphatic rings. The van der Waals surface area contributed by atoms with E-state index in [1.807, 2.05) is 19.1 Å². The molecule has 3 heterocycles. The summed E-state index contributed by atoms with van der Waals surface area (Å²) in [6, 6.07) is 3.18. The number of amides is 2. The van der Waals surface area contributed by atoms with Crippen molar-refractivity contribution in [1.82, 2.24) is 14.9 Å². The number of rotatable bonds is 5. The molecule has 0 bridgehead atoms. The van der Waals surface area contributed by atoms with Gasteiger partial charge in [0.15, 0.2) is 0 Å². The third kappa shape index (κ3) is 3.43. The third-order valence-electron chi connectivity index (χ3n) is 5.76. The summed E-state index contributed by atoms with van der Waals surface area (Å²) < 4.78 is 24.0. The number of aromatic nitrogens is 2. The second-order valence-electron chi connectivity index (χ2n) is 7.71. The molecule has 1 aliphatic carbocycles. The average Bonchev–Trinajstić information content (AvgIpc) is 3.26. The van der Waals surface area contributed by atoms with E-state index in [1.54, 1.807) is 11.1 Å². The highest BCUT2D eigenvalue weighted by atomic mass is 32.1. The fourth-order valence-corrected chi connectivity index (χ4v) is 5.06. The molecular weight excluding hydrogens is 372 g/mol. The van der Waals surface area contributed by atoms with Gasteiger partial charge < -0.3 is 10.6 Å². The molecule has 0 unspecified atom stereocenters. The fraction of sp³-hybridized carbons (Fsp3) is 0.524. The number of carbonyl (C=O) groups excluding carboxylic acids is 2. The first kappa shape index (κ1) is 15.6. The van der Waals surface area contributed by atoms with Crippen LogP contribution in [0.2, 0.25) is 0 Å². The van der Waals surface area contributed by atoms with E-state index in [2.05, 4.69) is 9.97 Å². The van der Waals surface area contributed by atoms with Crippen LogP contribution in [0.15, 0.2) is 18.3 Å². The molecule has 28 heavy (non-hydrogen) atoms. The highest BCUT2D eigenvalue weighted by molar-refractivity contribution is 7.15. The number of nitrogens with two attached hydrogens (primary N) is 1. The molecule has 2 aromatic heterocycles. The largest absolute Gasteiger partial charge is 0.368 e. The van der Waals surface area contributed by atoms with Crippen LogP contribution in [0.25, 0.3) is 10.4 Å². The molecule has 2 aromatic rings. The van der Waals surface area contributed by atoms with Gasteiger partial charge in [-0.25, -0.2) is 4.98 Å². The molecule has 1 atom stereocenters. The Morgan fingerprint density at radius 2 is 2.25 bits per heavy atom. The van der Waals surface area contributed by atoms with E-state index < -0.39 is 24.2 Å². The molecule has 148 valence electrons. The Morgan fingerprint density at radius 1 is 1.43 bits per heavy atom. The minimum atomic E-state index is -2.09. The van der Waals surface area contributed by atoms with Crippen LogP contribution in [0.4, 0.5) is 0 Å². The van der Waals surface area contributed by atoms with Crippen LogP contribution in [0.3, 0.4) is 0 Å². The van der Waals surface area contributed by atoms with Gasteiger partial charge >= 0.3 is 0 Å². The molecule has 7 heteroatoms. The number of hydrogen-bond donors (Lipinski definition) is 1. The number of primary amides is 1. The smallest absolute Gasteiger partial charge is 0.240 e. The molecular formula is C21H26N4O2S. The molecule has 1 saturated heterocycles. The van der Waals surface area contributed by atoms with Gasteiger partial charge in [-0.1, -0.05) is 13.3 Å². The van der Waals surface area contributed by atoms with Gasteiger partial charge in [0, 0.05) is 28.0 Å². The van der Waals surface area contributed by atoms with Crippen molar-refractivity contribution < 1.29 is 13.7 Å². The molecule has 2 fully saturated rings. The van der Waals surface area contributed by atoms with Crippen molar-refractivity contribution in [2.75, 3.05) is 6.54 Å². The van der Waals surface area contributed by atoms with Crippen molar-refractivity contribution in [2.24, 2.45) is 5.73 Å². The number of hydrogen-bond acceptors (Lipinski definition) is 5. The lowest BCUT2D eigenvalue weighted by Gasteiger charge is -2.37. The Morgan fingerprint density at radius 3 is 2.93 bits per heavy atom. The molecule has 4 rings (SSSR count). The zero-order valence-electron chi connectivity index (χ0n) is 18.9. The van der Waals surface area contributed by atoms with Gasteiger partial charge in [-0.05, 0) is 50.3 Å². The van der Waals surface area contributed by atoms with E-state index >= 15 is 0 Å². The first-order valence-electron chi connectivity index (χ1n) is 11.1. The van der Waals surface area contributed by atoms with Crippen LogP contribution in [0.1, 0.15) is 59.5 Å². The lowest BCUT2D eigenvalue weighted by Crippen LogP contribution is -2.44. The van der Waals surface area contributed by atoms with Gasteiger partial charge in [0.1, 0.15) is 11.0 Å². The van der Waals surface area contributed by atoms with Gasteiger partial charge in [-0.15, -0.1) is 11.3 Å². The lowest BCUT2D eigenvalue weighted by atomic mass is 9.68. The van der Waals surface area contributed by atoms with Crippen molar-refractivity contribution in [3.05, 3.63) is 34.7 Å². The molecule has 2 amide bonds. The minimum absolute atomic E-state index is 0.117. The van der Waals surface area contributed by atoms with Crippen LogP contribution in [0.5, 0.6) is 0 Å². The molecule has 0 radical (unpaired) electrons. The molecule has 6 nitrogen and oxygen atoms in total. The van der Waals surface area contributed by atoms with Crippen LogP contribution in [-0.4, -0.2) is 39.3 Å². The summed E-state index contributed by atoms with van der Waals surface area (Å²) in [6.45, 7) is 0.323. The van der Waals surface area contributed by atoms with Crippen LogP contribution < -0.4 is 5.73 Å². The fourth-order valence-electron chi connectivity index (χ4n) is 4.01. The molecule has 2 N–H and O–H groups in total. The number of carbonyl (C=O) groups is 2. The lowest BCUT2D eigenvalue weighted by molar-refractivity contribution is -0.136. The average molecular weight is 402 g/mol. The Kier molecular flexibility index (Phi) is 4.06. The summed E-state index contributed by atoms with van der Waals surface area (Å²) in [5.41, 5.74) is 6.81. The van der Waals surface area contributed by atoms with Crippen LogP contribution in [-0.2, 0) is 21.4 Å². The van der Waals surface area contributed by atoms with Gasteiger partial charge in [-0.3, -0.25) is 14.6 Å². The molecule has 1 saturated carbocycles. The van der Waals surface area contributed by atoms with Crippen molar-refractivity contribution in [3.63, 3.8) is 0 Å². The Hall–Kier alpha value is -2.28. The van der Waals surface area contributed by atoms with Crippen LogP contribution >= 0.6 is 11.3 Å². The summed E-state index contributed by atoms with van der Waals surface area (Å²) in [5, 5.41) is 0.667. The topological polar surface area (TPSA) is 89.2 Å². The van der Waals surface area contributed by atoms with Crippen molar-refractivity contribution in [2.45, 2.75) is 63.8 Å². The standard InChI is InChI=1S/C21H26N4O2S/c1-13-19(14-6-9-23-16(11-14)21(2)7-4-8-21)28-17(24-13)12-18(26)25-10-3-5-15(25)20(22)27/h6,9,11,15H,3-5,7-8,10,12H2,1-2H3,(H2,22,27)/t15-/m0/s1/i2D3. The number of aryl methyl sites for hydroxylation is 1. The number of thiazole rings is 1. The van der Waals surface area contributed by atoms with Crippen LogP contribution in [0, 0.1) is 6.92 Å². The predicted octanol–water partition coefficient (Wildman–Crippen LogP) is 2.97. The Labute approximate surface area is 173 Å². The molecule has 1 aliphatic heterocycles. The SMILES string of the molecule is [2H]C([2H])([2H])C1(c2cc(-c3sc(CC(=O)N4CCC[C@H]4C(N)=O)nc3C)ccn2)CCC1. The maximum absolute atomic E-state index is 12.7. The predicted molar refractivity (Wildman–Crippen MR) is 109 cm³/mol. The van der Waals surface area contributed by atoms with E-state index in [9.17, 15) is 9.59 Å². The highest BCUT2D eigenvalue weighted by Crippen LogP contribution is 2.43. The maximum Gasteiger partial charge on any atom is 0.240 e.